The molecule has 0 radical (unpaired) electrons. The first kappa shape index (κ1) is 15.8. The number of rotatable bonds is 5. The molecule has 0 aliphatic carbocycles. The summed E-state index contributed by atoms with van der Waals surface area (Å²) < 4.78 is 54.4. The van der Waals surface area contributed by atoms with Crippen LogP contribution in [0.15, 0.2) is 17.0 Å². The second-order valence-corrected chi connectivity index (χ2v) is 6.75. The molecule has 1 aromatic rings. The van der Waals surface area contributed by atoms with Crippen molar-refractivity contribution in [3.63, 3.8) is 0 Å². The van der Waals surface area contributed by atoms with Crippen LogP contribution < -0.4 is 10.1 Å². The van der Waals surface area contributed by atoms with Crippen LogP contribution in [0.1, 0.15) is 0 Å². The SMILES string of the molecule is O=C1NCCN1CCOc1c(F)cc(F)cc1S(=O)(=O)Cl. The van der Waals surface area contributed by atoms with E-state index in [1.165, 1.54) is 4.90 Å². The van der Waals surface area contributed by atoms with E-state index in [0.717, 1.165) is 0 Å². The van der Waals surface area contributed by atoms with Crippen molar-refractivity contribution in [3.8, 4) is 5.75 Å². The molecule has 1 saturated heterocycles. The summed E-state index contributed by atoms with van der Waals surface area (Å²) in [5, 5.41) is 2.56. The van der Waals surface area contributed by atoms with E-state index >= 15 is 0 Å². The van der Waals surface area contributed by atoms with E-state index in [1.54, 1.807) is 0 Å². The van der Waals surface area contributed by atoms with Crippen LogP contribution in [0.3, 0.4) is 0 Å². The molecular weight excluding hydrogens is 330 g/mol. The second-order valence-electron chi connectivity index (χ2n) is 4.22. The van der Waals surface area contributed by atoms with Gasteiger partial charge in [-0.2, -0.15) is 0 Å². The van der Waals surface area contributed by atoms with E-state index in [1.807, 2.05) is 0 Å². The van der Waals surface area contributed by atoms with Gasteiger partial charge in [0.05, 0.1) is 6.54 Å². The molecule has 1 aliphatic heterocycles. The van der Waals surface area contributed by atoms with Crippen molar-refractivity contribution in [2.24, 2.45) is 0 Å². The van der Waals surface area contributed by atoms with Crippen LogP contribution in [0.4, 0.5) is 13.6 Å². The molecular formula is C11H11ClF2N2O4S. The highest BCUT2D eigenvalue weighted by Gasteiger charge is 2.24. The van der Waals surface area contributed by atoms with E-state index in [-0.39, 0.29) is 19.2 Å². The first-order chi connectivity index (χ1) is 9.79. The maximum absolute atomic E-state index is 13.6. The van der Waals surface area contributed by atoms with Gasteiger partial charge in [0.15, 0.2) is 11.6 Å². The van der Waals surface area contributed by atoms with Crippen LogP contribution in [0, 0.1) is 11.6 Å². The number of nitrogens with zero attached hydrogens (tertiary/aromatic N) is 1. The van der Waals surface area contributed by atoms with Crippen molar-refractivity contribution in [2.45, 2.75) is 4.90 Å². The molecule has 0 saturated carbocycles. The molecule has 1 N–H and O–H groups in total. The number of nitrogens with one attached hydrogen (secondary N) is 1. The van der Waals surface area contributed by atoms with Gasteiger partial charge in [-0.3, -0.25) is 0 Å². The summed E-state index contributed by atoms with van der Waals surface area (Å²) in [5.74, 6) is -2.93. The van der Waals surface area contributed by atoms with Crippen molar-refractivity contribution < 1.29 is 26.7 Å². The minimum absolute atomic E-state index is 0.129. The quantitative estimate of drug-likeness (QED) is 0.820. The molecule has 0 aromatic heterocycles. The fraction of sp³-hybridized carbons (Fsp3) is 0.364. The summed E-state index contributed by atoms with van der Waals surface area (Å²) >= 11 is 0. The number of carbonyl (C=O) groups excluding carboxylic acids is 1. The van der Waals surface area contributed by atoms with Crippen molar-refractivity contribution in [3.05, 3.63) is 23.8 Å². The van der Waals surface area contributed by atoms with Crippen LogP contribution in [-0.2, 0) is 9.05 Å². The number of urea groups is 1. The predicted molar refractivity (Wildman–Crippen MR) is 69.9 cm³/mol. The Morgan fingerprint density at radius 2 is 2.10 bits per heavy atom. The van der Waals surface area contributed by atoms with Gasteiger partial charge < -0.3 is 15.0 Å². The average Bonchev–Trinajstić information content (AvgIpc) is 2.76. The molecule has 0 atom stereocenters. The number of ether oxygens (including phenoxy) is 1. The number of halogens is 3. The molecule has 21 heavy (non-hydrogen) atoms. The standard InChI is InChI=1S/C11H11ClF2N2O4S/c12-21(18,19)9-6-7(13)5-8(14)10(9)20-4-3-16-2-1-15-11(16)17/h5-6H,1-4H2,(H,15,17). The van der Waals surface area contributed by atoms with Crippen molar-refractivity contribution in [1.29, 1.82) is 0 Å². The van der Waals surface area contributed by atoms with Gasteiger partial charge in [-0.15, -0.1) is 0 Å². The highest BCUT2D eigenvalue weighted by atomic mass is 35.7. The molecule has 0 unspecified atom stereocenters. The molecule has 1 heterocycles. The Hall–Kier alpha value is -1.61. The Labute approximate surface area is 124 Å². The lowest BCUT2D eigenvalue weighted by Crippen LogP contribution is -2.32. The van der Waals surface area contributed by atoms with Crippen LogP contribution in [0.25, 0.3) is 0 Å². The van der Waals surface area contributed by atoms with Crippen LogP contribution >= 0.6 is 10.7 Å². The topological polar surface area (TPSA) is 75.7 Å². The van der Waals surface area contributed by atoms with Crippen LogP contribution in [-0.4, -0.2) is 45.6 Å². The highest BCUT2D eigenvalue weighted by molar-refractivity contribution is 8.13. The lowest BCUT2D eigenvalue weighted by Gasteiger charge is -2.16. The number of hydrogen-bond acceptors (Lipinski definition) is 4. The van der Waals surface area contributed by atoms with E-state index in [9.17, 15) is 22.0 Å². The molecule has 1 aromatic carbocycles. The molecule has 10 heteroatoms. The van der Waals surface area contributed by atoms with Gasteiger partial charge in [-0.1, -0.05) is 0 Å². The number of benzene rings is 1. The van der Waals surface area contributed by atoms with Crippen molar-refractivity contribution in [2.75, 3.05) is 26.2 Å². The summed E-state index contributed by atoms with van der Waals surface area (Å²) in [6.07, 6.45) is 0. The third-order valence-electron chi connectivity index (χ3n) is 2.79. The Morgan fingerprint density at radius 1 is 1.38 bits per heavy atom. The number of hydrogen-bond donors (Lipinski definition) is 1. The van der Waals surface area contributed by atoms with Gasteiger partial charge in [0.1, 0.15) is 17.3 Å². The normalized spacial score (nSPS) is 15.2. The Balaban J connectivity index is 2.14. The lowest BCUT2D eigenvalue weighted by molar-refractivity contribution is 0.199. The van der Waals surface area contributed by atoms with Crippen LogP contribution in [0.5, 0.6) is 5.75 Å². The Kier molecular flexibility index (Phi) is 4.52. The molecule has 6 nitrogen and oxygen atoms in total. The largest absolute Gasteiger partial charge is 0.487 e. The predicted octanol–water partition coefficient (Wildman–Crippen LogP) is 1.30. The van der Waals surface area contributed by atoms with Crippen LogP contribution in [0.2, 0.25) is 0 Å². The molecule has 0 bridgehead atoms. The molecule has 1 aliphatic rings. The van der Waals surface area contributed by atoms with E-state index < -0.39 is 31.3 Å². The minimum atomic E-state index is -4.36. The van der Waals surface area contributed by atoms with Crippen molar-refractivity contribution in [1.82, 2.24) is 10.2 Å². The van der Waals surface area contributed by atoms with Gasteiger partial charge >= 0.3 is 6.03 Å². The smallest absolute Gasteiger partial charge is 0.317 e. The molecule has 0 spiro atoms. The summed E-state index contributed by atoms with van der Waals surface area (Å²) in [7, 11) is 0.757. The Morgan fingerprint density at radius 3 is 2.67 bits per heavy atom. The van der Waals surface area contributed by atoms with Crippen molar-refractivity contribution >= 4 is 25.8 Å². The zero-order valence-electron chi connectivity index (χ0n) is 10.6. The first-order valence-corrected chi connectivity index (χ1v) is 8.19. The van der Waals surface area contributed by atoms with E-state index in [0.29, 0.717) is 25.2 Å². The minimum Gasteiger partial charge on any atom is -0.487 e. The van der Waals surface area contributed by atoms with Gasteiger partial charge in [0, 0.05) is 29.8 Å². The van der Waals surface area contributed by atoms with Gasteiger partial charge in [0.25, 0.3) is 9.05 Å². The zero-order valence-corrected chi connectivity index (χ0v) is 12.2. The first-order valence-electron chi connectivity index (χ1n) is 5.88. The van der Waals surface area contributed by atoms with Gasteiger partial charge in [-0.25, -0.2) is 22.0 Å². The van der Waals surface area contributed by atoms with E-state index in [4.69, 9.17) is 15.4 Å². The highest BCUT2D eigenvalue weighted by Crippen LogP contribution is 2.30. The maximum atomic E-state index is 13.6. The third kappa shape index (κ3) is 3.73. The van der Waals surface area contributed by atoms with E-state index in [2.05, 4.69) is 5.32 Å². The monoisotopic (exact) mass is 340 g/mol. The van der Waals surface area contributed by atoms with Gasteiger partial charge in [-0.05, 0) is 6.07 Å². The average molecular weight is 341 g/mol. The lowest BCUT2D eigenvalue weighted by atomic mass is 10.3. The molecule has 116 valence electrons. The zero-order chi connectivity index (χ0) is 15.6. The fourth-order valence-electron chi connectivity index (χ4n) is 1.84. The summed E-state index contributed by atoms with van der Waals surface area (Å²) in [5.41, 5.74) is 0. The number of carbonyl (C=O) groups is 1. The molecule has 2 amide bonds. The Bertz CT molecular complexity index is 668. The second kappa shape index (κ2) is 6.02. The summed E-state index contributed by atoms with van der Waals surface area (Å²) in [6.45, 7) is 0.930. The molecule has 1 fully saturated rings. The number of amides is 2. The van der Waals surface area contributed by atoms with Gasteiger partial charge in [0.2, 0.25) is 0 Å². The fourth-order valence-corrected chi connectivity index (χ4v) is 2.82. The molecule has 2 rings (SSSR count). The summed E-state index contributed by atoms with van der Waals surface area (Å²) in [6, 6.07) is 0.774. The maximum Gasteiger partial charge on any atom is 0.317 e. The summed E-state index contributed by atoms with van der Waals surface area (Å²) in [4.78, 5) is 11.9. The third-order valence-corrected chi connectivity index (χ3v) is 4.12.